The first-order valence-corrected chi connectivity index (χ1v) is 8.69. The summed E-state index contributed by atoms with van der Waals surface area (Å²) in [5.74, 6) is 0.699. The number of ether oxygens (including phenoxy) is 1. The third-order valence-electron chi connectivity index (χ3n) is 4.28. The third kappa shape index (κ3) is 4.37. The van der Waals surface area contributed by atoms with E-state index in [-0.39, 0.29) is 24.6 Å². The Balaban J connectivity index is 1.70. The summed E-state index contributed by atoms with van der Waals surface area (Å²) in [5, 5.41) is 12.4. The van der Waals surface area contributed by atoms with Crippen molar-refractivity contribution in [3.05, 3.63) is 62.3 Å². The molecule has 0 aliphatic heterocycles. The van der Waals surface area contributed by atoms with Crippen molar-refractivity contribution in [2.24, 2.45) is 0 Å². The molecule has 2 aromatic heterocycles. The van der Waals surface area contributed by atoms with Crippen molar-refractivity contribution in [3.8, 4) is 23.0 Å². The van der Waals surface area contributed by atoms with E-state index in [4.69, 9.17) is 9.15 Å². The third-order valence-corrected chi connectivity index (χ3v) is 4.28. The quantitative estimate of drug-likeness (QED) is 0.557. The van der Waals surface area contributed by atoms with Gasteiger partial charge in [-0.05, 0) is 32.0 Å². The monoisotopic (exact) mass is 400 g/mol. The van der Waals surface area contributed by atoms with Gasteiger partial charge in [-0.1, -0.05) is 0 Å². The fourth-order valence-electron chi connectivity index (χ4n) is 2.66. The van der Waals surface area contributed by atoms with E-state index in [0.717, 1.165) is 4.57 Å². The number of aryl methyl sites for hydroxylation is 2. The predicted octanol–water partition coefficient (Wildman–Crippen LogP) is 0.839. The second-order valence-corrected chi connectivity index (χ2v) is 6.38. The molecule has 0 saturated heterocycles. The van der Waals surface area contributed by atoms with Gasteiger partial charge in [-0.3, -0.25) is 19.1 Å². The van der Waals surface area contributed by atoms with E-state index < -0.39 is 17.2 Å². The van der Waals surface area contributed by atoms with Gasteiger partial charge in [0.15, 0.2) is 11.5 Å². The Morgan fingerprint density at radius 3 is 2.83 bits per heavy atom. The second kappa shape index (κ2) is 8.05. The van der Waals surface area contributed by atoms with Crippen molar-refractivity contribution in [2.45, 2.75) is 26.9 Å². The Hall–Kier alpha value is -3.82. The molecule has 0 atom stereocenters. The van der Waals surface area contributed by atoms with E-state index in [1.165, 1.54) is 19.4 Å². The van der Waals surface area contributed by atoms with E-state index in [2.05, 4.69) is 15.3 Å². The average Bonchev–Trinajstić information content (AvgIpc) is 3.05. The number of aromatic hydroxyl groups is 1. The number of amides is 1. The van der Waals surface area contributed by atoms with Crippen LogP contribution in [0.2, 0.25) is 0 Å². The molecule has 1 amide bonds. The Morgan fingerprint density at radius 2 is 2.10 bits per heavy atom. The summed E-state index contributed by atoms with van der Waals surface area (Å²) in [7, 11) is 1.44. The van der Waals surface area contributed by atoms with Crippen LogP contribution in [0.5, 0.6) is 11.5 Å². The van der Waals surface area contributed by atoms with Gasteiger partial charge in [-0.15, -0.1) is 0 Å². The van der Waals surface area contributed by atoms with Gasteiger partial charge in [0.05, 0.1) is 13.7 Å². The maximum absolute atomic E-state index is 12.2. The molecule has 0 saturated carbocycles. The highest BCUT2D eigenvalue weighted by Gasteiger charge is 2.15. The molecule has 10 nitrogen and oxygen atoms in total. The fourth-order valence-corrected chi connectivity index (χ4v) is 2.66. The second-order valence-electron chi connectivity index (χ2n) is 6.38. The summed E-state index contributed by atoms with van der Waals surface area (Å²) in [6.45, 7) is 3.12. The number of methoxy groups -OCH3 is 1. The van der Waals surface area contributed by atoms with Crippen LogP contribution >= 0.6 is 0 Å². The van der Waals surface area contributed by atoms with Crippen LogP contribution < -0.4 is 21.3 Å². The number of carbonyl (C=O) groups is 1. The summed E-state index contributed by atoms with van der Waals surface area (Å²) in [4.78, 5) is 41.9. The van der Waals surface area contributed by atoms with Gasteiger partial charge in [-0.2, -0.15) is 0 Å². The number of benzene rings is 1. The minimum atomic E-state index is -0.656. The van der Waals surface area contributed by atoms with Crippen molar-refractivity contribution in [3.63, 3.8) is 0 Å². The van der Waals surface area contributed by atoms with Gasteiger partial charge in [0.1, 0.15) is 18.0 Å². The molecule has 0 aliphatic carbocycles. The Morgan fingerprint density at radius 1 is 1.34 bits per heavy atom. The van der Waals surface area contributed by atoms with E-state index in [0.29, 0.717) is 28.5 Å². The van der Waals surface area contributed by atoms with Crippen LogP contribution in [0.25, 0.3) is 11.5 Å². The molecule has 29 heavy (non-hydrogen) atoms. The number of nitrogens with one attached hydrogen (secondary N) is 2. The largest absolute Gasteiger partial charge is 0.504 e. The molecule has 0 aliphatic rings. The molecule has 0 radical (unpaired) electrons. The van der Waals surface area contributed by atoms with Gasteiger partial charge < -0.3 is 19.6 Å². The minimum absolute atomic E-state index is 0.000231. The average molecular weight is 400 g/mol. The number of phenols is 1. The first-order chi connectivity index (χ1) is 13.8. The Kier molecular flexibility index (Phi) is 5.53. The Labute approximate surface area is 164 Å². The number of rotatable bonds is 6. The highest BCUT2D eigenvalue weighted by atomic mass is 16.5. The summed E-state index contributed by atoms with van der Waals surface area (Å²) < 4.78 is 11.8. The molecule has 3 rings (SSSR count). The predicted molar refractivity (Wildman–Crippen MR) is 103 cm³/mol. The van der Waals surface area contributed by atoms with Crippen molar-refractivity contribution in [1.29, 1.82) is 0 Å². The minimum Gasteiger partial charge on any atom is -0.504 e. The lowest BCUT2D eigenvalue weighted by Gasteiger charge is -2.06. The van der Waals surface area contributed by atoms with Crippen molar-refractivity contribution < 1.29 is 19.1 Å². The maximum Gasteiger partial charge on any atom is 0.328 e. The SMILES string of the molecule is COc1cc(-c2nc(CNC(=O)Cn3cc(C)c(=O)[nH]c3=O)c(C)o2)ccc1O. The summed E-state index contributed by atoms with van der Waals surface area (Å²) in [6.07, 6.45) is 1.33. The fraction of sp³-hybridized carbons (Fsp3) is 0.263. The molecule has 0 fully saturated rings. The number of aromatic nitrogens is 3. The Bertz CT molecular complexity index is 1170. The van der Waals surface area contributed by atoms with Gasteiger partial charge in [-0.25, -0.2) is 9.78 Å². The highest BCUT2D eigenvalue weighted by Crippen LogP contribution is 2.31. The number of oxazole rings is 1. The first-order valence-electron chi connectivity index (χ1n) is 8.69. The molecular weight excluding hydrogens is 380 g/mol. The molecule has 1 aromatic carbocycles. The number of carbonyl (C=O) groups excluding carboxylic acids is 1. The van der Waals surface area contributed by atoms with Crippen LogP contribution in [0, 0.1) is 13.8 Å². The summed E-state index contributed by atoms with van der Waals surface area (Å²) >= 11 is 0. The van der Waals surface area contributed by atoms with E-state index in [1.807, 2.05) is 0 Å². The zero-order chi connectivity index (χ0) is 21.1. The molecule has 3 aromatic rings. The molecule has 0 unspecified atom stereocenters. The van der Waals surface area contributed by atoms with Crippen LogP contribution in [-0.2, 0) is 17.9 Å². The van der Waals surface area contributed by atoms with E-state index in [9.17, 15) is 19.5 Å². The van der Waals surface area contributed by atoms with Gasteiger partial charge in [0.2, 0.25) is 11.8 Å². The van der Waals surface area contributed by atoms with Crippen molar-refractivity contribution in [2.75, 3.05) is 7.11 Å². The molecule has 152 valence electrons. The van der Waals surface area contributed by atoms with Crippen LogP contribution in [0.15, 0.2) is 38.4 Å². The number of phenolic OH excluding ortho intramolecular Hbond substituents is 1. The normalized spacial score (nSPS) is 10.7. The molecular formula is C19H20N4O6. The number of H-pyrrole nitrogens is 1. The van der Waals surface area contributed by atoms with Crippen LogP contribution in [0.4, 0.5) is 0 Å². The zero-order valence-electron chi connectivity index (χ0n) is 16.1. The standard InChI is InChI=1S/C19H20N4O6/c1-10-8-23(19(27)22-17(10)26)9-16(25)20-7-13-11(2)29-18(21-13)12-4-5-14(24)15(6-12)28-3/h4-6,8,24H,7,9H2,1-3H3,(H,20,25)(H,22,26,27). The van der Waals surface area contributed by atoms with Crippen LogP contribution in [-0.4, -0.2) is 32.7 Å². The smallest absolute Gasteiger partial charge is 0.328 e. The summed E-state index contributed by atoms with van der Waals surface area (Å²) in [6, 6.07) is 4.70. The van der Waals surface area contributed by atoms with Crippen molar-refractivity contribution >= 4 is 5.91 Å². The number of hydrogen-bond acceptors (Lipinski definition) is 7. The number of nitrogens with zero attached hydrogens (tertiary/aromatic N) is 2. The van der Waals surface area contributed by atoms with E-state index >= 15 is 0 Å². The highest BCUT2D eigenvalue weighted by molar-refractivity contribution is 5.75. The van der Waals surface area contributed by atoms with E-state index in [1.54, 1.807) is 26.0 Å². The number of aromatic amines is 1. The van der Waals surface area contributed by atoms with Crippen molar-refractivity contribution in [1.82, 2.24) is 19.9 Å². The lowest BCUT2D eigenvalue weighted by molar-refractivity contribution is -0.121. The van der Waals surface area contributed by atoms with Gasteiger partial charge in [0.25, 0.3) is 5.56 Å². The van der Waals surface area contributed by atoms with Gasteiger partial charge in [0, 0.05) is 17.3 Å². The molecule has 2 heterocycles. The van der Waals surface area contributed by atoms with Gasteiger partial charge >= 0.3 is 5.69 Å². The summed E-state index contributed by atoms with van der Waals surface area (Å²) in [5.41, 5.74) is 0.319. The molecule has 3 N–H and O–H groups in total. The lowest BCUT2D eigenvalue weighted by Crippen LogP contribution is -2.36. The first kappa shape index (κ1) is 19.9. The number of hydrogen-bond donors (Lipinski definition) is 3. The molecule has 0 bridgehead atoms. The van der Waals surface area contributed by atoms with Crippen LogP contribution in [0.3, 0.4) is 0 Å². The lowest BCUT2D eigenvalue weighted by atomic mass is 10.2. The topological polar surface area (TPSA) is 139 Å². The molecule has 10 heteroatoms. The molecule has 0 spiro atoms. The zero-order valence-corrected chi connectivity index (χ0v) is 16.1. The van der Waals surface area contributed by atoms with Crippen LogP contribution in [0.1, 0.15) is 17.0 Å². The maximum atomic E-state index is 12.2.